The van der Waals surface area contributed by atoms with Gasteiger partial charge in [-0.25, -0.2) is 14.8 Å². The Labute approximate surface area is 166 Å². The van der Waals surface area contributed by atoms with E-state index < -0.39 is 11.7 Å². The predicted octanol–water partition coefficient (Wildman–Crippen LogP) is 3.42. The molecule has 1 amide bonds. The molecule has 0 aliphatic carbocycles. The highest BCUT2D eigenvalue weighted by Crippen LogP contribution is 2.21. The van der Waals surface area contributed by atoms with Crippen LogP contribution in [0.25, 0.3) is 5.65 Å². The van der Waals surface area contributed by atoms with E-state index in [1.165, 1.54) is 10.7 Å². The van der Waals surface area contributed by atoms with E-state index in [9.17, 15) is 4.79 Å². The molecule has 3 aromatic heterocycles. The summed E-state index contributed by atoms with van der Waals surface area (Å²) in [4.78, 5) is 20.1. The minimum atomic E-state index is -0.550. The Kier molecular flexibility index (Phi) is 5.33. The molecule has 0 radical (unpaired) electrons. The van der Waals surface area contributed by atoms with Crippen molar-refractivity contribution in [3.63, 3.8) is 0 Å². The summed E-state index contributed by atoms with van der Waals surface area (Å²) in [6.07, 6.45) is 2.56. The largest absolute Gasteiger partial charge is 0.444 e. The van der Waals surface area contributed by atoms with Gasteiger partial charge in [-0.1, -0.05) is 17.7 Å². The van der Waals surface area contributed by atoms with Gasteiger partial charge in [-0.15, -0.1) is 0 Å². The number of carbonyl (C=O) groups is 1. The SMILES string of the molecule is CC(C)(C)OC(=O)NCc1ccc(Nc2cc(Cl)nc3c(C#N)cnn23)nc1. The number of aromatic nitrogens is 4. The number of pyridine rings is 1. The maximum atomic E-state index is 11.7. The Morgan fingerprint density at radius 3 is 2.79 bits per heavy atom. The number of anilines is 2. The average Bonchev–Trinajstić information content (AvgIpc) is 3.02. The van der Waals surface area contributed by atoms with Gasteiger partial charge < -0.3 is 15.4 Å². The van der Waals surface area contributed by atoms with Crippen LogP contribution in [0.2, 0.25) is 5.15 Å². The van der Waals surface area contributed by atoms with Gasteiger partial charge in [0.05, 0.1) is 6.20 Å². The molecule has 2 N–H and O–H groups in total. The molecule has 0 spiro atoms. The second-order valence-corrected chi connectivity index (χ2v) is 7.29. The lowest BCUT2D eigenvalue weighted by Crippen LogP contribution is -2.32. The number of hydrogen-bond acceptors (Lipinski definition) is 7. The molecule has 0 fully saturated rings. The number of amides is 1. The molecule has 0 saturated heterocycles. The topological polar surface area (TPSA) is 117 Å². The molecule has 0 unspecified atom stereocenters. The van der Waals surface area contributed by atoms with E-state index in [0.29, 0.717) is 22.8 Å². The van der Waals surface area contributed by atoms with Crippen LogP contribution in [0.1, 0.15) is 31.9 Å². The van der Waals surface area contributed by atoms with Crippen molar-refractivity contribution in [2.75, 3.05) is 5.32 Å². The van der Waals surface area contributed by atoms with E-state index >= 15 is 0 Å². The summed E-state index contributed by atoms with van der Waals surface area (Å²) in [5.41, 5.74) is 0.934. The Balaban J connectivity index is 1.70. The first-order chi connectivity index (χ1) is 13.2. The Bertz CT molecular complexity index is 1050. The van der Waals surface area contributed by atoms with E-state index in [0.717, 1.165) is 5.56 Å². The van der Waals surface area contributed by atoms with Gasteiger partial charge in [-0.3, -0.25) is 0 Å². The molecule has 0 aliphatic rings. The second kappa shape index (κ2) is 7.70. The smallest absolute Gasteiger partial charge is 0.407 e. The van der Waals surface area contributed by atoms with E-state index in [-0.39, 0.29) is 11.7 Å². The summed E-state index contributed by atoms with van der Waals surface area (Å²) in [5.74, 6) is 1.06. The molecular formula is C18H18ClN7O2. The zero-order valence-corrected chi connectivity index (χ0v) is 16.3. The first-order valence-corrected chi connectivity index (χ1v) is 8.76. The second-order valence-electron chi connectivity index (χ2n) is 6.90. The molecule has 9 nitrogen and oxygen atoms in total. The highest BCUT2D eigenvalue weighted by atomic mass is 35.5. The molecule has 10 heteroatoms. The van der Waals surface area contributed by atoms with Crippen LogP contribution >= 0.6 is 11.6 Å². The van der Waals surface area contributed by atoms with Crippen LogP contribution in [0, 0.1) is 11.3 Å². The van der Waals surface area contributed by atoms with Gasteiger partial charge in [0.2, 0.25) is 0 Å². The average molecular weight is 400 g/mol. The maximum absolute atomic E-state index is 11.7. The van der Waals surface area contributed by atoms with Gasteiger partial charge in [0.1, 0.15) is 34.0 Å². The van der Waals surface area contributed by atoms with Crippen LogP contribution < -0.4 is 10.6 Å². The summed E-state index contributed by atoms with van der Waals surface area (Å²) < 4.78 is 6.67. The zero-order valence-electron chi connectivity index (χ0n) is 15.5. The lowest BCUT2D eigenvalue weighted by atomic mass is 10.2. The minimum absolute atomic E-state index is 0.227. The summed E-state index contributed by atoms with van der Waals surface area (Å²) in [7, 11) is 0. The van der Waals surface area contributed by atoms with Crippen molar-refractivity contribution in [1.82, 2.24) is 24.9 Å². The Morgan fingerprint density at radius 2 is 2.14 bits per heavy atom. The number of nitrogens with zero attached hydrogens (tertiary/aromatic N) is 5. The molecule has 28 heavy (non-hydrogen) atoms. The van der Waals surface area contributed by atoms with Crippen LogP contribution in [0.5, 0.6) is 0 Å². The molecule has 3 rings (SSSR count). The number of ether oxygens (including phenoxy) is 1. The number of carbonyl (C=O) groups excluding carboxylic acids is 1. The molecule has 0 aromatic carbocycles. The van der Waals surface area contributed by atoms with E-state index in [1.54, 1.807) is 39.1 Å². The van der Waals surface area contributed by atoms with Crippen LogP contribution in [0.3, 0.4) is 0 Å². The van der Waals surface area contributed by atoms with Crippen molar-refractivity contribution in [3.8, 4) is 6.07 Å². The number of nitriles is 1. The fourth-order valence-electron chi connectivity index (χ4n) is 2.32. The van der Waals surface area contributed by atoms with Crippen LogP contribution in [0.15, 0.2) is 30.6 Å². The van der Waals surface area contributed by atoms with E-state index in [4.69, 9.17) is 21.6 Å². The van der Waals surface area contributed by atoms with Crippen LogP contribution in [-0.2, 0) is 11.3 Å². The summed E-state index contributed by atoms with van der Waals surface area (Å²) in [5, 5.41) is 19.3. The van der Waals surface area contributed by atoms with Gasteiger partial charge in [0.25, 0.3) is 0 Å². The van der Waals surface area contributed by atoms with E-state index in [2.05, 4.69) is 25.7 Å². The number of nitrogens with one attached hydrogen (secondary N) is 2. The predicted molar refractivity (Wildman–Crippen MR) is 103 cm³/mol. The molecule has 3 heterocycles. The third-order valence-electron chi connectivity index (χ3n) is 3.48. The molecule has 0 atom stereocenters. The fraction of sp³-hybridized carbons (Fsp3) is 0.278. The lowest BCUT2D eigenvalue weighted by Gasteiger charge is -2.19. The number of alkyl carbamates (subject to hydrolysis) is 1. The van der Waals surface area contributed by atoms with Crippen molar-refractivity contribution in [1.29, 1.82) is 5.26 Å². The lowest BCUT2D eigenvalue weighted by molar-refractivity contribution is 0.0523. The fourth-order valence-corrected chi connectivity index (χ4v) is 2.51. The number of halogens is 1. The zero-order chi connectivity index (χ0) is 20.3. The van der Waals surface area contributed by atoms with E-state index in [1.807, 2.05) is 12.1 Å². The van der Waals surface area contributed by atoms with Gasteiger partial charge in [0, 0.05) is 18.8 Å². The van der Waals surface area contributed by atoms with Crippen molar-refractivity contribution in [2.45, 2.75) is 32.9 Å². The third-order valence-corrected chi connectivity index (χ3v) is 3.67. The number of fused-ring (bicyclic) bond motifs is 1. The molecule has 144 valence electrons. The quantitative estimate of drug-likeness (QED) is 0.645. The van der Waals surface area contributed by atoms with Gasteiger partial charge in [0.15, 0.2) is 5.65 Å². The van der Waals surface area contributed by atoms with Gasteiger partial charge >= 0.3 is 6.09 Å². The highest BCUT2D eigenvalue weighted by Gasteiger charge is 2.16. The summed E-state index contributed by atoms with van der Waals surface area (Å²) in [6.45, 7) is 5.69. The van der Waals surface area contributed by atoms with Gasteiger partial charge in [-0.05, 0) is 32.4 Å². The highest BCUT2D eigenvalue weighted by molar-refractivity contribution is 6.29. The Hall–Kier alpha value is -3.38. The Morgan fingerprint density at radius 1 is 1.36 bits per heavy atom. The minimum Gasteiger partial charge on any atom is -0.444 e. The van der Waals surface area contributed by atoms with Crippen LogP contribution in [-0.4, -0.2) is 31.3 Å². The van der Waals surface area contributed by atoms with Crippen molar-refractivity contribution in [2.24, 2.45) is 0 Å². The standard InChI is InChI=1S/C18H18ClN7O2/c1-18(2,3)28-17(27)22-9-11-4-5-14(21-8-11)25-15-6-13(19)24-16-12(7-20)10-23-26(15)16/h4-6,8,10H,9H2,1-3H3,(H,21,25)(H,22,27). The van der Waals surface area contributed by atoms with Gasteiger partial charge in [-0.2, -0.15) is 14.9 Å². The third kappa shape index (κ3) is 4.66. The summed E-state index contributed by atoms with van der Waals surface area (Å²) >= 11 is 6.04. The first kappa shape index (κ1) is 19.4. The molecule has 0 aliphatic heterocycles. The number of rotatable bonds is 4. The first-order valence-electron chi connectivity index (χ1n) is 8.38. The number of hydrogen-bond donors (Lipinski definition) is 2. The van der Waals surface area contributed by atoms with Crippen molar-refractivity contribution < 1.29 is 9.53 Å². The summed E-state index contributed by atoms with van der Waals surface area (Å²) in [6, 6.07) is 7.17. The van der Waals surface area contributed by atoms with Crippen molar-refractivity contribution in [3.05, 3.63) is 46.9 Å². The molecule has 0 saturated carbocycles. The van der Waals surface area contributed by atoms with Crippen LogP contribution in [0.4, 0.5) is 16.4 Å². The van der Waals surface area contributed by atoms with Crippen molar-refractivity contribution >= 4 is 35.0 Å². The maximum Gasteiger partial charge on any atom is 0.407 e. The normalized spacial score (nSPS) is 11.1. The monoisotopic (exact) mass is 399 g/mol. The molecule has 3 aromatic rings. The molecule has 0 bridgehead atoms. The molecular weight excluding hydrogens is 382 g/mol.